The number of halogens is 1. The van der Waals surface area contributed by atoms with E-state index in [1.807, 2.05) is 0 Å². The third kappa shape index (κ3) is 11.5. The van der Waals surface area contributed by atoms with Crippen molar-refractivity contribution in [2.24, 2.45) is 10.4 Å². The molecular formula is C34H51IN2V-. The van der Waals surface area contributed by atoms with Gasteiger partial charge < -0.3 is 5.32 Å². The Kier molecular flexibility index (Phi) is 14.8. The van der Waals surface area contributed by atoms with Gasteiger partial charge in [0.15, 0.2) is 0 Å². The summed E-state index contributed by atoms with van der Waals surface area (Å²) in [6, 6.07) is 13.1. The molecule has 0 aromatic heterocycles. The number of rotatable bonds is 8. The Bertz CT molecular complexity index is 1060. The van der Waals surface area contributed by atoms with E-state index in [1.54, 1.807) is 0 Å². The van der Waals surface area contributed by atoms with Gasteiger partial charge in [0.25, 0.3) is 0 Å². The molecule has 0 unspecified atom stereocenters. The Morgan fingerprint density at radius 3 is 1.47 bits per heavy atom. The first-order valence-electron chi connectivity index (χ1n) is 13.9. The Balaban J connectivity index is 0.000000905. The van der Waals surface area contributed by atoms with E-state index in [2.05, 4.69) is 157 Å². The summed E-state index contributed by atoms with van der Waals surface area (Å²) in [5.41, 5.74) is 9.91. The Labute approximate surface area is 252 Å². The molecule has 0 saturated heterocycles. The first kappa shape index (κ1) is 34.9. The summed E-state index contributed by atoms with van der Waals surface area (Å²) in [5, 5.41) is 5.08. The van der Waals surface area contributed by atoms with Crippen LogP contribution in [0.5, 0.6) is 0 Å². The first-order chi connectivity index (χ1) is 17.6. The number of para-hydroxylation sites is 2. The average molecular weight is 666 g/mol. The van der Waals surface area contributed by atoms with Crippen LogP contribution in [-0.2, 0) is 12.4 Å². The summed E-state index contributed by atoms with van der Waals surface area (Å²) < 4.78 is 2.39. The predicted octanol–water partition coefficient (Wildman–Crippen LogP) is 12.1. The van der Waals surface area contributed by atoms with Gasteiger partial charge in [0.2, 0.25) is 0 Å². The van der Waals surface area contributed by atoms with Gasteiger partial charge in [-0.1, -0.05) is 116 Å². The second kappa shape index (κ2) is 16.2. The Morgan fingerprint density at radius 1 is 0.763 bits per heavy atom. The van der Waals surface area contributed by atoms with E-state index in [0.717, 1.165) is 22.8 Å². The standard InChI is InChI=1S/C29H41N2.C5H10.HI.V/c1-18(2)24-13-11-14-25(19(3)4)28(24)30-22(9)17-23(10)31-29-26(20(5)6)15-12-16-27(29)21(7)8;1-5(2,3)4;;/h11-21H,1-10H3;1H,2-4H3;1H;/q-1;;;+1/p-1/b22-17-,31-23?;;;. The zero-order valence-electron chi connectivity index (χ0n) is 26.1. The van der Waals surface area contributed by atoms with Gasteiger partial charge in [0.1, 0.15) is 0 Å². The van der Waals surface area contributed by atoms with Gasteiger partial charge >= 0.3 is 63.3 Å². The molecular weight excluding hydrogens is 614 g/mol. The molecule has 0 spiro atoms. The number of aliphatic imine (C=N–C) groups is 1. The normalized spacial score (nSPS) is 13.1. The maximum absolute atomic E-state index is 5.08. The minimum absolute atomic E-state index is 0.437. The van der Waals surface area contributed by atoms with Crippen LogP contribution in [-0.4, -0.2) is 10.4 Å². The van der Waals surface area contributed by atoms with Crippen molar-refractivity contribution in [3.8, 4) is 0 Å². The van der Waals surface area contributed by atoms with E-state index < -0.39 is 0 Å². The zero-order valence-corrected chi connectivity index (χ0v) is 29.7. The van der Waals surface area contributed by atoms with Crippen molar-refractivity contribution in [1.82, 2.24) is 0 Å². The Hall–Kier alpha value is -1.17. The van der Waals surface area contributed by atoms with Crippen LogP contribution in [0.25, 0.3) is 5.32 Å². The van der Waals surface area contributed by atoms with Gasteiger partial charge in [-0.05, 0) is 41.7 Å². The van der Waals surface area contributed by atoms with Crippen LogP contribution in [0.1, 0.15) is 136 Å². The third-order valence-electron chi connectivity index (χ3n) is 6.12. The van der Waals surface area contributed by atoms with Gasteiger partial charge in [-0.3, -0.25) is 4.99 Å². The van der Waals surface area contributed by atoms with Crippen molar-refractivity contribution in [1.29, 1.82) is 0 Å². The van der Waals surface area contributed by atoms with Crippen LogP contribution in [0.2, 0.25) is 0 Å². The van der Waals surface area contributed by atoms with Crippen LogP contribution in [0.3, 0.4) is 0 Å². The summed E-state index contributed by atoms with van der Waals surface area (Å²) in [5.74, 6) is 1.75. The topological polar surface area (TPSA) is 26.5 Å². The van der Waals surface area contributed by atoms with Gasteiger partial charge in [0, 0.05) is 5.71 Å². The fourth-order valence-electron chi connectivity index (χ4n) is 4.15. The molecule has 0 radical (unpaired) electrons. The first-order valence-corrected chi connectivity index (χ1v) is 19.3. The molecule has 0 atom stereocenters. The van der Waals surface area contributed by atoms with Gasteiger partial charge in [-0.15, -0.1) is 5.69 Å². The van der Waals surface area contributed by atoms with Gasteiger partial charge in [-0.25, -0.2) is 0 Å². The molecule has 2 aromatic carbocycles. The zero-order chi connectivity index (χ0) is 29.2. The van der Waals surface area contributed by atoms with Crippen molar-refractivity contribution >= 4 is 41.8 Å². The number of allylic oxidation sites excluding steroid dienone is 2. The van der Waals surface area contributed by atoms with Crippen molar-refractivity contribution in [3.05, 3.63) is 75.7 Å². The number of hydrogen-bond acceptors (Lipinski definition) is 1. The second-order valence-corrected chi connectivity index (χ2v) is 15.4. The van der Waals surface area contributed by atoms with Gasteiger partial charge in [-0.2, -0.15) is 5.70 Å². The summed E-state index contributed by atoms with van der Waals surface area (Å²) >= 11 is 2.93. The number of nitrogens with zero attached hydrogens (tertiary/aromatic N) is 2. The maximum atomic E-state index is 5.08. The molecule has 2 aromatic rings. The van der Waals surface area contributed by atoms with Crippen molar-refractivity contribution in [2.45, 2.75) is 114 Å². The SMILES string of the molecule is CC(/C=C(/C)[N-]c1c(C(C)C)cccc1C(C)C)=Nc1c(C(C)C)cccc1C(C)C.CC(C)(C)[CH]=[V][I]. The molecule has 0 N–H and O–H groups in total. The monoisotopic (exact) mass is 665 g/mol. The molecule has 0 aliphatic heterocycles. The predicted molar refractivity (Wildman–Crippen MR) is 178 cm³/mol. The second-order valence-electron chi connectivity index (χ2n) is 12.4. The fourth-order valence-corrected chi connectivity index (χ4v) is 8.05. The van der Waals surface area contributed by atoms with Crippen LogP contribution in [0.15, 0.2) is 53.2 Å². The fraction of sp³-hybridized carbons (Fsp3) is 0.529. The van der Waals surface area contributed by atoms with Crippen molar-refractivity contribution in [3.63, 3.8) is 0 Å². The van der Waals surface area contributed by atoms with E-state index in [1.165, 1.54) is 22.3 Å². The number of hydrogen-bond donors (Lipinski definition) is 0. The summed E-state index contributed by atoms with van der Waals surface area (Å²) in [4.78, 5) is 5.08. The molecule has 0 aliphatic rings. The van der Waals surface area contributed by atoms with Crippen LogP contribution < -0.4 is 0 Å². The minimum atomic E-state index is 0.437. The molecule has 38 heavy (non-hydrogen) atoms. The van der Waals surface area contributed by atoms with E-state index >= 15 is 0 Å². The van der Waals surface area contributed by atoms with E-state index in [9.17, 15) is 0 Å². The summed E-state index contributed by atoms with van der Waals surface area (Å²) in [7, 11) is 0. The van der Waals surface area contributed by atoms with Crippen LogP contribution in [0.4, 0.5) is 11.4 Å². The molecule has 4 heteroatoms. The molecule has 210 valence electrons. The molecule has 0 aliphatic carbocycles. The Morgan fingerprint density at radius 2 is 1.16 bits per heavy atom. The van der Waals surface area contributed by atoms with Crippen molar-refractivity contribution < 1.29 is 12.4 Å². The molecule has 0 bridgehead atoms. The molecule has 0 amide bonds. The summed E-state index contributed by atoms with van der Waals surface area (Å²) in [6.45, 7) is 28.8. The van der Waals surface area contributed by atoms with E-state index in [4.69, 9.17) is 10.3 Å². The molecule has 0 saturated carbocycles. The molecule has 2 nitrogen and oxygen atoms in total. The molecule has 0 heterocycles. The molecule has 0 fully saturated rings. The number of benzene rings is 2. The van der Waals surface area contributed by atoms with Crippen LogP contribution >= 0.6 is 20.0 Å². The quantitative estimate of drug-likeness (QED) is 0.198. The van der Waals surface area contributed by atoms with E-state index in [0.29, 0.717) is 41.5 Å². The summed E-state index contributed by atoms with van der Waals surface area (Å²) in [6.07, 6.45) is 2.11. The third-order valence-corrected chi connectivity index (χ3v) is 8.63. The van der Waals surface area contributed by atoms with E-state index in [-0.39, 0.29) is 0 Å². The van der Waals surface area contributed by atoms with Gasteiger partial charge in [0.05, 0.1) is 5.69 Å². The molecule has 2 rings (SSSR count). The van der Waals surface area contributed by atoms with Crippen molar-refractivity contribution in [2.75, 3.05) is 0 Å². The average Bonchev–Trinajstić information content (AvgIpc) is 2.78. The van der Waals surface area contributed by atoms with Crippen LogP contribution in [0, 0.1) is 5.41 Å².